The third-order valence-corrected chi connectivity index (χ3v) is 5.01. The zero-order chi connectivity index (χ0) is 23.1. The van der Waals surface area contributed by atoms with Gasteiger partial charge in [0.1, 0.15) is 0 Å². The predicted molar refractivity (Wildman–Crippen MR) is 121 cm³/mol. The molecule has 7 nitrogen and oxygen atoms in total. The van der Waals surface area contributed by atoms with E-state index in [4.69, 9.17) is 4.74 Å². The van der Waals surface area contributed by atoms with Gasteiger partial charge in [-0.05, 0) is 43.5 Å². The van der Waals surface area contributed by atoms with Crippen LogP contribution in [0.25, 0.3) is 11.1 Å². The van der Waals surface area contributed by atoms with Gasteiger partial charge in [0.25, 0.3) is 0 Å². The molecule has 0 radical (unpaired) electrons. The zero-order valence-corrected chi connectivity index (χ0v) is 19.0. The second kappa shape index (κ2) is 10.6. The summed E-state index contributed by atoms with van der Waals surface area (Å²) < 4.78 is 5.05. The van der Waals surface area contributed by atoms with Crippen LogP contribution in [-0.4, -0.2) is 38.3 Å². The summed E-state index contributed by atoms with van der Waals surface area (Å²) in [6, 6.07) is 8.08. The molecule has 3 aromatic rings. The van der Waals surface area contributed by atoms with Crippen LogP contribution in [0.15, 0.2) is 49.1 Å². The minimum absolute atomic E-state index is 0.0472. The number of pyridine rings is 1. The molecule has 166 valence electrons. The van der Waals surface area contributed by atoms with Gasteiger partial charge >= 0.3 is 5.97 Å². The van der Waals surface area contributed by atoms with Crippen molar-refractivity contribution >= 4 is 11.9 Å². The molecular weight excluding hydrogens is 404 g/mol. The van der Waals surface area contributed by atoms with E-state index < -0.39 is 0 Å². The maximum atomic E-state index is 12.4. The molecule has 0 bridgehead atoms. The molecule has 0 aliphatic carbocycles. The summed E-state index contributed by atoms with van der Waals surface area (Å²) in [6.07, 6.45) is 7.01. The van der Waals surface area contributed by atoms with Crippen molar-refractivity contribution in [2.45, 2.75) is 47.2 Å². The van der Waals surface area contributed by atoms with Gasteiger partial charge in [0.15, 0.2) is 0 Å². The Bertz CT molecular complexity index is 1100. The number of benzene rings is 1. The number of nitrogens with zero attached hydrogens (tertiary/aromatic N) is 4. The Kier molecular flexibility index (Phi) is 7.65. The number of hydrogen-bond donors (Lipinski definition) is 0. The van der Waals surface area contributed by atoms with Crippen LogP contribution in [0.4, 0.5) is 0 Å². The molecule has 0 N–H and O–H groups in total. The fourth-order valence-electron chi connectivity index (χ4n) is 3.43. The molecule has 2 heterocycles. The highest BCUT2D eigenvalue weighted by atomic mass is 16.5. The highest BCUT2D eigenvalue weighted by Crippen LogP contribution is 2.27. The van der Waals surface area contributed by atoms with Gasteiger partial charge in [0, 0.05) is 37.6 Å². The van der Waals surface area contributed by atoms with Crippen molar-refractivity contribution in [3.63, 3.8) is 0 Å². The van der Waals surface area contributed by atoms with E-state index in [2.05, 4.69) is 21.0 Å². The van der Waals surface area contributed by atoms with Crippen molar-refractivity contribution in [1.29, 1.82) is 0 Å². The van der Waals surface area contributed by atoms with Gasteiger partial charge in [-0.15, -0.1) is 0 Å². The van der Waals surface area contributed by atoms with Gasteiger partial charge in [-0.25, -0.2) is 0 Å². The largest absolute Gasteiger partial charge is 0.466 e. The van der Waals surface area contributed by atoms with E-state index >= 15 is 0 Å². The number of aryl methyl sites for hydroxylation is 2. The minimum Gasteiger partial charge on any atom is -0.466 e. The monoisotopic (exact) mass is 432 g/mol. The number of ether oxygens (including phenoxy) is 1. The van der Waals surface area contributed by atoms with Crippen molar-refractivity contribution in [3.8, 4) is 11.1 Å². The quantitative estimate of drug-likeness (QED) is 0.503. The Morgan fingerprint density at radius 1 is 1.00 bits per heavy atom. The third-order valence-electron chi connectivity index (χ3n) is 5.01. The van der Waals surface area contributed by atoms with Crippen LogP contribution < -0.4 is 0 Å². The van der Waals surface area contributed by atoms with Gasteiger partial charge in [-0.1, -0.05) is 23.8 Å². The van der Waals surface area contributed by atoms with Gasteiger partial charge in [-0.2, -0.15) is 0 Å². The van der Waals surface area contributed by atoms with Crippen molar-refractivity contribution in [2.75, 3.05) is 6.61 Å². The van der Waals surface area contributed by atoms with E-state index in [0.29, 0.717) is 19.7 Å². The Morgan fingerprint density at radius 3 is 2.50 bits per heavy atom. The molecule has 0 spiro atoms. The second-order valence-electron chi connectivity index (χ2n) is 7.75. The van der Waals surface area contributed by atoms with Gasteiger partial charge in [0.2, 0.25) is 5.91 Å². The van der Waals surface area contributed by atoms with E-state index in [-0.39, 0.29) is 18.3 Å². The molecule has 0 atom stereocenters. The predicted octanol–water partition coefficient (Wildman–Crippen LogP) is 3.81. The molecule has 0 aliphatic heterocycles. The number of hydrogen-bond acceptors (Lipinski definition) is 6. The molecular formula is C25H28N4O3. The van der Waals surface area contributed by atoms with Gasteiger partial charge in [-0.3, -0.25) is 24.5 Å². The van der Waals surface area contributed by atoms with E-state index in [1.54, 1.807) is 43.5 Å². The third kappa shape index (κ3) is 6.20. The highest BCUT2D eigenvalue weighted by molar-refractivity contribution is 5.75. The smallest absolute Gasteiger partial charge is 0.310 e. The lowest BCUT2D eigenvalue weighted by Gasteiger charge is -2.23. The summed E-state index contributed by atoms with van der Waals surface area (Å²) in [7, 11) is 0. The van der Waals surface area contributed by atoms with Gasteiger partial charge < -0.3 is 9.64 Å². The highest BCUT2D eigenvalue weighted by Gasteiger charge is 2.16. The average Bonchev–Trinajstić information content (AvgIpc) is 2.75. The molecule has 7 heteroatoms. The number of carbonyl (C=O) groups excluding carboxylic acids is 2. The maximum absolute atomic E-state index is 12.4. The molecule has 3 rings (SSSR count). The van der Waals surface area contributed by atoms with E-state index in [9.17, 15) is 9.59 Å². The van der Waals surface area contributed by atoms with Crippen molar-refractivity contribution in [2.24, 2.45) is 0 Å². The molecule has 0 unspecified atom stereocenters. The first-order valence-electron chi connectivity index (χ1n) is 10.6. The number of aromatic nitrogens is 3. The average molecular weight is 433 g/mol. The summed E-state index contributed by atoms with van der Waals surface area (Å²) in [5.41, 5.74) is 6.30. The normalized spacial score (nSPS) is 10.6. The molecule has 1 aromatic carbocycles. The Balaban J connectivity index is 1.89. The first kappa shape index (κ1) is 23.1. The summed E-state index contributed by atoms with van der Waals surface area (Å²) >= 11 is 0. The van der Waals surface area contributed by atoms with E-state index in [0.717, 1.165) is 39.2 Å². The van der Waals surface area contributed by atoms with Crippen LogP contribution >= 0.6 is 0 Å². The number of amides is 1. The number of esters is 1. The first-order valence-corrected chi connectivity index (χ1v) is 10.6. The molecule has 1 amide bonds. The lowest BCUT2D eigenvalue weighted by atomic mass is 9.97. The fraction of sp³-hybridized carbons (Fsp3) is 0.320. The molecule has 0 aliphatic rings. The van der Waals surface area contributed by atoms with Gasteiger partial charge in [0.05, 0.1) is 37.2 Å². The van der Waals surface area contributed by atoms with Crippen LogP contribution in [0.5, 0.6) is 0 Å². The number of rotatable bonds is 8. The first-order chi connectivity index (χ1) is 15.4. The van der Waals surface area contributed by atoms with Crippen LogP contribution in [0.1, 0.15) is 41.9 Å². The molecule has 32 heavy (non-hydrogen) atoms. The van der Waals surface area contributed by atoms with Crippen LogP contribution in [0, 0.1) is 13.8 Å². The summed E-state index contributed by atoms with van der Waals surface area (Å²) in [6.45, 7) is 8.38. The summed E-state index contributed by atoms with van der Waals surface area (Å²) in [5.74, 6) is -0.327. The number of carbonyl (C=O) groups is 2. The second-order valence-corrected chi connectivity index (χ2v) is 7.75. The Hall–Kier alpha value is -3.61. The zero-order valence-electron chi connectivity index (χ0n) is 19.0. The van der Waals surface area contributed by atoms with E-state index in [1.165, 1.54) is 0 Å². The molecule has 0 saturated heterocycles. The summed E-state index contributed by atoms with van der Waals surface area (Å²) in [4.78, 5) is 39.0. The minimum atomic E-state index is -0.280. The lowest BCUT2D eigenvalue weighted by Crippen LogP contribution is -2.28. The van der Waals surface area contributed by atoms with E-state index in [1.807, 2.05) is 32.0 Å². The van der Waals surface area contributed by atoms with Crippen molar-refractivity contribution in [3.05, 3.63) is 77.1 Å². The van der Waals surface area contributed by atoms with Crippen LogP contribution in [-0.2, 0) is 33.8 Å². The Morgan fingerprint density at radius 2 is 1.81 bits per heavy atom. The summed E-state index contributed by atoms with van der Waals surface area (Å²) in [5, 5.41) is 0. The topological polar surface area (TPSA) is 85.3 Å². The van der Waals surface area contributed by atoms with Crippen LogP contribution in [0.2, 0.25) is 0 Å². The SMILES string of the molecule is CCOC(=O)Cc1cncc(-c2ccc(C)cc2CN(Cc2cnc(C)cn2)C(C)=O)c1. The fourth-order valence-corrected chi connectivity index (χ4v) is 3.43. The van der Waals surface area contributed by atoms with Crippen molar-refractivity contribution in [1.82, 2.24) is 19.9 Å². The molecule has 2 aromatic heterocycles. The van der Waals surface area contributed by atoms with Crippen molar-refractivity contribution < 1.29 is 14.3 Å². The Labute approximate surface area is 188 Å². The maximum Gasteiger partial charge on any atom is 0.310 e. The molecule has 0 saturated carbocycles. The standard InChI is InChI=1S/C25H28N4O3/c1-5-32-25(31)10-20-9-21(13-26-12-20)24-7-6-17(2)8-22(24)15-29(19(4)30)16-23-14-27-18(3)11-28-23/h6-9,11-14H,5,10,15-16H2,1-4H3. The lowest BCUT2D eigenvalue weighted by molar-refractivity contribution is -0.142. The van der Waals surface area contributed by atoms with Crippen LogP contribution in [0.3, 0.4) is 0 Å². The molecule has 0 fully saturated rings.